The van der Waals surface area contributed by atoms with Crippen molar-refractivity contribution >= 4 is 11.6 Å². The number of hydrogen-bond acceptors (Lipinski definition) is 0. The van der Waals surface area contributed by atoms with Gasteiger partial charge in [0, 0.05) is 5.88 Å². The van der Waals surface area contributed by atoms with Crippen LogP contribution in [0, 0.1) is 0 Å². The van der Waals surface area contributed by atoms with E-state index in [1.807, 2.05) is 60.7 Å². The molecule has 0 aliphatic rings. The predicted molar refractivity (Wildman–Crippen MR) is 88.2 cm³/mol. The monoisotopic (exact) mass is 368 g/mol. The molecule has 2 heteroatoms. The van der Waals surface area contributed by atoms with E-state index >= 15 is 0 Å². The Morgan fingerprint density at radius 2 is 1.10 bits per heavy atom. The summed E-state index contributed by atoms with van der Waals surface area (Å²) in [5.41, 5.74) is 0. The maximum absolute atomic E-state index is 5.51. The van der Waals surface area contributed by atoms with E-state index in [1.54, 1.807) is 0 Å². The first kappa shape index (κ1) is 22.2. The standard InChI is InChI=1S/C8H17Cl.2C5H5.Zr/c1-2-3-4-5-6-7-8-9;2*1-2-4-5-3-1;/h2-8H2,1H3;2*1-5H;/q;2*-1;+2. The van der Waals surface area contributed by atoms with Crippen molar-refractivity contribution in [3.63, 3.8) is 0 Å². The first-order valence-corrected chi connectivity index (χ1v) is 7.84. The minimum absolute atomic E-state index is 0. The number of unbranched alkanes of at least 4 members (excludes halogenated alkanes) is 5. The Hall–Kier alpha value is -0.127. The molecular formula is C18H27ClZr. The van der Waals surface area contributed by atoms with Gasteiger partial charge in [-0.2, -0.15) is 36.4 Å². The van der Waals surface area contributed by atoms with Gasteiger partial charge in [-0.3, -0.25) is 0 Å². The Kier molecular flexibility index (Phi) is 23.5. The molecule has 0 N–H and O–H groups in total. The van der Waals surface area contributed by atoms with E-state index in [0.29, 0.717) is 0 Å². The number of rotatable bonds is 6. The van der Waals surface area contributed by atoms with Crippen molar-refractivity contribution in [1.82, 2.24) is 0 Å². The van der Waals surface area contributed by atoms with E-state index in [9.17, 15) is 0 Å². The van der Waals surface area contributed by atoms with Crippen LogP contribution < -0.4 is 0 Å². The summed E-state index contributed by atoms with van der Waals surface area (Å²) in [6, 6.07) is 20.0. The molecule has 0 aromatic heterocycles. The van der Waals surface area contributed by atoms with Gasteiger partial charge in [0.25, 0.3) is 0 Å². The maximum Gasteiger partial charge on any atom is 2.00 e. The minimum atomic E-state index is 0. The van der Waals surface area contributed by atoms with Gasteiger partial charge in [-0.15, -0.1) is 11.6 Å². The minimum Gasteiger partial charge on any atom is -0.214 e. The van der Waals surface area contributed by atoms with E-state index in [1.165, 1.54) is 38.5 Å². The third-order valence-electron chi connectivity index (χ3n) is 2.60. The van der Waals surface area contributed by atoms with E-state index in [0.717, 1.165) is 5.88 Å². The molecule has 0 bridgehead atoms. The van der Waals surface area contributed by atoms with Gasteiger partial charge in [0.05, 0.1) is 0 Å². The summed E-state index contributed by atoms with van der Waals surface area (Å²) in [5.74, 6) is 0.839. The summed E-state index contributed by atoms with van der Waals surface area (Å²) in [4.78, 5) is 0. The second kappa shape index (κ2) is 21.2. The van der Waals surface area contributed by atoms with Crippen molar-refractivity contribution in [2.24, 2.45) is 0 Å². The zero-order chi connectivity index (χ0) is 14.0. The van der Waals surface area contributed by atoms with Crippen LogP contribution >= 0.6 is 11.6 Å². The molecular weight excluding hydrogens is 343 g/mol. The van der Waals surface area contributed by atoms with Crippen molar-refractivity contribution in [3.05, 3.63) is 60.7 Å². The van der Waals surface area contributed by atoms with E-state index in [4.69, 9.17) is 11.6 Å². The van der Waals surface area contributed by atoms with Crippen molar-refractivity contribution in [2.45, 2.75) is 45.4 Å². The van der Waals surface area contributed by atoms with Gasteiger partial charge in [0.1, 0.15) is 0 Å². The summed E-state index contributed by atoms with van der Waals surface area (Å²) in [6.45, 7) is 2.24. The maximum atomic E-state index is 5.51. The zero-order valence-electron chi connectivity index (χ0n) is 12.6. The molecule has 0 aliphatic carbocycles. The van der Waals surface area contributed by atoms with Gasteiger partial charge < -0.3 is 0 Å². The largest absolute Gasteiger partial charge is 2.00 e. The van der Waals surface area contributed by atoms with Crippen LogP contribution in [0.3, 0.4) is 0 Å². The van der Waals surface area contributed by atoms with Crippen LogP contribution in [0.2, 0.25) is 0 Å². The molecule has 20 heavy (non-hydrogen) atoms. The van der Waals surface area contributed by atoms with Crippen molar-refractivity contribution in [1.29, 1.82) is 0 Å². The smallest absolute Gasteiger partial charge is 0.214 e. The van der Waals surface area contributed by atoms with Crippen LogP contribution in [0.5, 0.6) is 0 Å². The molecule has 0 fully saturated rings. The summed E-state index contributed by atoms with van der Waals surface area (Å²) in [6.07, 6.45) is 8.02. The molecule has 2 aromatic rings. The third-order valence-corrected chi connectivity index (χ3v) is 2.87. The molecule has 2 rings (SSSR count). The van der Waals surface area contributed by atoms with Crippen LogP contribution in [0.4, 0.5) is 0 Å². The first-order valence-electron chi connectivity index (χ1n) is 7.31. The Balaban J connectivity index is 0. The Bertz CT molecular complexity index is 233. The molecule has 0 radical (unpaired) electrons. The van der Waals surface area contributed by atoms with Gasteiger partial charge in [0.15, 0.2) is 0 Å². The predicted octanol–water partition coefficient (Wildman–Crippen LogP) is 6.39. The van der Waals surface area contributed by atoms with Crippen molar-refractivity contribution < 1.29 is 26.2 Å². The average Bonchev–Trinajstić information content (AvgIpc) is 3.16. The molecule has 0 heterocycles. The van der Waals surface area contributed by atoms with Crippen molar-refractivity contribution in [2.75, 3.05) is 5.88 Å². The fourth-order valence-corrected chi connectivity index (χ4v) is 1.71. The Morgan fingerprint density at radius 3 is 1.40 bits per heavy atom. The SMILES string of the molecule is CCCCCCCCCl.[Zr+2].c1cc[cH-]c1.c1cc[cH-]c1. The summed E-state index contributed by atoms with van der Waals surface area (Å²) in [7, 11) is 0. The van der Waals surface area contributed by atoms with E-state index in [2.05, 4.69) is 6.92 Å². The molecule has 0 spiro atoms. The Labute approximate surface area is 149 Å². The molecule has 2 aromatic carbocycles. The second-order valence-electron chi connectivity index (χ2n) is 4.38. The van der Waals surface area contributed by atoms with Crippen LogP contribution in [-0.2, 0) is 26.2 Å². The second-order valence-corrected chi connectivity index (χ2v) is 4.76. The molecule has 110 valence electrons. The van der Waals surface area contributed by atoms with Gasteiger partial charge in [0.2, 0.25) is 0 Å². The summed E-state index contributed by atoms with van der Waals surface area (Å²) in [5, 5.41) is 0. The molecule has 0 atom stereocenters. The zero-order valence-corrected chi connectivity index (χ0v) is 15.8. The normalized spacial score (nSPS) is 8.50. The van der Waals surface area contributed by atoms with Crippen LogP contribution in [0.25, 0.3) is 0 Å². The quantitative estimate of drug-likeness (QED) is 0.314. The average molecular weight is 370 g/mol. The first-order chi connectivity index (χ1) is 9.41. The van der Waals surface area contributed by atoms with Gasteiger partial charge >= 0.3 is 26.2 Å². The summed E-state index contributed by atoms with van der Waals surface area (Å²) >= 11 is 5.51. The molecule has 0 nitrogen and oxygen atoms in total. The molecule has 0 aliphatic heterocycles. The topological polar surface area (TPSA) is 0 Å². The number of halogens is 1. The van der Waals surface area contributed by atoms with Crippen LogP contribution in [0.15, 0.2) is 60.7 Å². The van der Waals surface area contributed by atoms with Gasteiger partial charge in [-0.25, -0.2) is 24.3 Å². The van der Waals surface area contributed by atoms with Crippen LogP contribution in [0.1, 0.15) is 45.4 Å². The van der Waals surface area contributed by atoms with Crippen molar-refractivity contribution in [3.8, 4) is 0 Å². The van der Waals surface area contributed by atoms with Gasteiger partial charge in [-0.05, 0) is 6.42 Å². The molecule has 0 saturated carbocycles. The van der Waals surface area contributed by atoms with E-state index < -0.39 is 0 Å². The number of hydrogen-bond donors (Lipinski definition) is 0. The van der Waals surface area contributed by atoms with Gasteiger partial charge in [-0.1, -0.05) is 39.0 Å². The number of alkyl halides is 1. The molecule has 0 saturated heterocycles. The summed E-state index contributed by atoms with van der Waals surface area (Å²) < 4.78 is 0. The third kappa shape index (κ3) is 20.2. The van der Waals surface area contributed by atoms with Crippen LogP contribution in [-0.4, -0.2) is 5.88 Å². The molecule has 0 unspecified atom stereocenters. The van der Waals surface area contributed by atoms with E-state index in [-0.39, 0.29) is 26.2 Å². The fraction of sp³-hybridized carbons (Fsp3) is 0.444. The molecule has 0 amide bonds. The fourth-order valence-electron chi connectivity index (χ4n) is 1.52. The Morgan fingerprint density at radius 1 is 0.700 bits per heavy atom.